The molecule has 0 amide bonds. The summed E-state index contributed by atoms with van der Waals surface area (Å²) in [6.45, 7) is 5.22. The lowest BCUT2D eigenvalue weighted by Gasteiger charge is -2.12. The van der Waals surface area contributed by atoms with Gasteiger partial charge in [-0.25, -0.2) is 9.78 Å². The number of rotatable bonds is 8. The molecule has 0 aromatic carbocycles. The number of hydrogen-bond donors (Lipinski definition) is 1. The van der Waals surface area contributed by atoms with Crippen molar-refractivity contribution in [3.63, 3.8) is 0 Å². The van der Waals surface area contributed by atoms with E-state index in [1.807, 2.05) is 0 Å². The standard InChI is InChI=1S/C15H19BrN2O5/c1-4-22-13(20)6-11(19)8-17-12-5-10(16)7-18-14(12)15(21)23-9(2)3/h5,7,9,17H,4,6,8H2,1-3H3. The van der Waals surface area contributed by atoms with Gasteiger partial charge in [-0.3, -0.25) is 9.59 Å². The van der Waals surface area contributed by atoms with Gasteiger partial charge in [0, 0.05) is 10.7 Å². The fourth-order valence-electron chi connectivity index (χ4n) is 1.64. The fraction of sp³-hybridized carbons (Fsp3) is 0.467. The minimum Gasteiger partial charge on any atom is -0.466 e. The molecule has 23 heavy (non-hydrogen) atoms. The molecule has 1 aromatic rings. The Morgan fingerprint density at radius 1 is 1.35 bits per heavy atom. The molecule has 0 unspecified atom stereocenters. The van der Waals surface area contributed by atoms with Gasteiger partial charge in [0.25, 0.3) is 0 Å². The highest BCUT2D eigenvalue weighted by molar-refractivity contribution is 9.10. The first-order valence-electron chi connectivity index (χ1n) is 7.11. The molecule has 126 valence electrons. The Balaban J connectivity index is 2.75. The van der Waals surface area contributed by atoms with E-state index in [4.69, 9.17) is 9.47 Å². The first kappa shape index (κ1) is 19.1. The average Bonchev–Trinajstić information content (AvgIpc) is 2.44. The Morgan fingerprint density at radius 3 is 2.65 bits per heavy atom. The van der Waals surface area contributed by atoms with Gasteiger partial charge < -0.3 is 14.8 Å². The maximum atomic E-state index is 12.0. The number of carbonyl (C=O) groups is 3. The third-order valence-electron chi connectivity index (χ3n) is 2.51. The van der Waals surface area contributed by atoms with Gasteiger partial charge in [0.2, 0.25) is 0 Å². The normalized spacial score (nSPS) is 10.3. The summed E-state index contributed by atoms with van der Waals surface area (Å²) in [6, 6.07) is 1.61. The van der Waals surface area contributed by atoms with Crippen molar-refractivity contribution in [2.75, 3.05) is 18.5 Å². The van der Waals surface area contributed by atoms with Gasteiger partial charge in [-0.05, 0) is 42.8 Å². The molecule has 7 nitrogen and oxygen atoms in total. The van der Waals surface area contributed by atoms with Crippen LogP contribution >= 0.6 is 15.9 Å². The smallest absolute Gasteiger partial charge is 0.359 e. The molecule has 0 spiro atoms. The lowest BCUT2D eigenvalue weighted by molar-refractivity contribution is -0.145. The van der Waals surface area contributed by atoms with Crippen molar-refractivity contribution >= 4 is 39.3 Å². The summed E-state index contributed by atoms with van der Waals surface area (Å²) in [5.41, 5.74) is 0.424. The van der Waals surface area contributed by atoms with Gasteiger partial charge in [-0.2, -0.15) is 0 Å². The molecule has 0 aliphatic carbocycles. The molecule has 0 aliphatic heterocycles. The minimum atomic E-state index is -0.590. The minimum absolute atomic E-state index is 0.0748. The maximum absolute atomic E-state index is 12.0. The largest absolute Gasteiger partial charge is 0.466 e. The number of anilines is 1. The molecule has 0 radical (unpaired) electrons. The van der Waals surface area contributed by atoms with Crippen molar-refractivity contribution in [3.8, 4) is 0 Å². The number of ketones is 1. The predicted octanol–water partition coefficient (Wildman–Crippen LogP) is 2.34. The number of esters is 2. The van der Waals surface area contributed by atoms with Crippen LogP contribution in [0.1, 0.15) is 37.7 Å². The number of nitrogens with one attached hydrogen (secondary N) is 1. The van der Waals surface area contributed by atoms with E-state index in [-0.39, 0.29) is 37.2 Å². The van der Waals surface area contributed by atoms with E-state index in [0.717, 1.165) is 0 Å². The fourth-order valence-corrected chi connectivity index (χ4v) is 1.97. The summed E-state index contributed by atoms with van der Waals surface area (Å²) in [6.07, 6.45) is 0.850. The van der Waals surface area contributed by atoms with Crippen LogP contribution in [0.5, 0.6) is 0 Å². The summed E-state index contributed by atoms with van der Waals surface area (Å²) >= 11 is 3.25. The van der Waals surface area contributed by atoms with Gasteiger partial charge in [-0.15, -0.1) is 0 Å². The number of carbonyl (C=O) groups excluding carboxylic acids is 3. The number of nitrogens with zero attached hydrogens (tertiary/aromatic N) is 1. The second-order valence-electron chi connectivity index (χ2n) is 4.88. The molecule has 0 bridgehead atoms. The topological polar surface area (TPSA) is 94.6 Å². The van der Waals surface area contributed by atoms with Crippen molar-refractivity contribution in [1.82, 2.24) is 4.98 Å². The van der Waals surface area contributed by atoms with Gasteiger partial charge in [-0.1, -0.05) is 0 Å². The summed E-state index contributed by atoms with van der Waals surface area (Å²) in [5.74, 6) is -1.52. The number of hydrogen-bond acceptors (Lipinski definition) is 7. The van der Waals surface area contributed by atoms with Crippen molar-refractivity contribution in [1.29, 1.82) is 0 Å². The molecule has 0 atom stereocenters. The summed E-state index contributed by atoms with van der Waals surface area (Å²) in [7, 11) is 0. The SMILES string of the molecule is CCOC(=O)CC(=O)CNc1cc(Br)cnc1C(=O)OC(C)C. The number of ether oxygens (including phenoxy) is 2. The highest BCUT2D eigenvalue weighted by atomic mass is 79.9. The Morgan fingerprint density at radius 2 is 2.04 bits per heavy atom. The van der Waals surface area contributed by atoms with Crippen molar-refractivity contribution in [2.24, 2.45) is 0 Å². The number of Topliss-reactive ketones (excluding diaryl/α,β-unsaturated/α-hetero) is 1. The van der Waals surface area contributed by atoms with Crippen LogP contribution in [-0.2, 0) is 19.1 Å². The maximum Gasteiger partial charge on any atom is 0.359 e. The monoisotopic (exact) mass is 386 g/mol. The third-order valence-corrected chi connectivity index (χ3v) is 2.95. The number of halogens is 1. The van der Waals surface area contributed by atoms with Crippen molar-refractivity contribution in [2.45, 2.75) is 33.3 Å². The molecule has 0 saturated heterocycles. The number of aromatic nitrogens is 1. The molecule has 8 heteroatoms. The van der Waals surface area contributed by atoms with Crippen LogP contribution in [0.15, 0.2) is 16.7 Å². The Bertz CT molecular complexity index is 589. The van der Waals surface area contributed by atoms with Gasteiger partial charge in [0.1, 0.15) is 6.42 Å². The molecule has 0 fully saturated rings. The van der Waals surface area contributed by atoms with Crippen molar-refractivity contribution < 1.29 is 23.9 Å². The first-order valence-corrected chi connectivity index (χ1v) is 7.90. The molecule has 0 aliphatic rings. The lowest BCUT2D eigenvalue weighted by Crippen LogP contribution is -2.21. The summed E-state index contributed by atoms with van der Waals surface area (Å²) < 4.78 is 10.5. The van der Waals surface area contributed by atoms with Crippen LogP contribution in [-0.4, -0.2) is 42.0 Å². The van der Waals surface area contributed by atoms with Crippen LogP contribution in [0.2, 0.25) is 0 Å². The van der Waals surface area contributed by atoms with Gasteiger partial charge in [0.05, 0.1) is 24.9 Å². The van der Waals surface area contributed by atoms with Crippen molar-refractivity contribution in [3.05, 3.63) is 22.4 Å². The van der Waals surface area contributed by atoms with Crippen LogP contribution in [0.25, 0.3) is 0 Å². The summed E-state index contributed by atoms with van der Waals surface area (Å²) in [4.78, 5) is 39.0. The van der Waals surface area contributed by atoms with Crippen LogP contribution in [0.4, 0.5) is 5.69 Å². The zero-order valence-corrected chi connectivity index (χ0v) is 14.8. The molecular weight excluding hydrogens is 368 g/mol. The van der Waals surface area contributed by atoms with Crippen LogP contribution in [0.3, 0.4) is 0 Å². The molecule has 1 aromatic heterocycles. The van der Waals surface area contributed by atoms with Gasteiger partial charge in [0.15, 0.2) is 11.5 Å². The molecule has 1 rings (SSSR count). The molecule has 1 N–H and O–H groups in total. The Hall–Kier alpha value is -1.96. The van der Waals surface area contributed by atoms with E-state index >= 15 is 0 Å². The highest BCUT2D eigenvalue weighted by Gasteiger charge is 2.18. The predicted molar refractivity (Wildman–Crippen MR) is 87.2 cm³/mol. The van der Waals surface area contributed by atoms with E-state index in [0.29, 0.717) is 10.2 Å². The molecule has 1 heterocycles. The van der Waals surface area contributed by atoms with E-state index in [1.165, 1.54) is 6.20 Å². The Labute approximate surface area is 142 Å². The van der Waals surface area contributed by atoms with Gasteiger partial charge >= 0.3 is 11.9 Å². The summed E-state index contributed by atoms with van der Waals surface area (Å²) in [5, 5.41) is 2.80. The first-order chi connectivity index (χ1) is 10.8. The third kappa shape index (κ3) is 6.77. The molecular formula is C15H19BrN2O5. The Kier molecular flexibility index (Phi) is 7.67. The van der Waals surface area contributed by atoms with E-state index in [2.05, 4.69) is 26.2 Å². The molecule has 0 saturated carbocycles. The zero-order chi connectivity index (χ0) is 17.4. The number of pyridine rings is 1. The lowest BCUT2D eigenvalue weighted by atomic mass is 10.2. The average molecular weight is 387 g/mol. The second-order valence-corrected chi connectivity index (χ2v) is 5.79. The van der Waals surface area contributed by atoms with E-state index < -0.39 is 11.9 Å². The van der Waals surface area contributed by atoms with E-state index in [1.54, 1.807) is 26.8 Å². The zero-order valence-electron chi connectivity index (χ0n) is 13.2. The highest BCUT2D eigenvalue weighted by Crippen LogP contribution is 2.20. The van der Waals surface area contributed by atoms with Crippen LogP contribution < -0.4 is 5.32 Å². The second kappa shape index (κ2) is 9.24. The quantitative estimate of drug-likeness (QED) is 0.540. The van der Waals surface area contributed by atoms with E-state index in [9.17, 15) is 14.4 Å². The van der Waals surface area contributed by atoms with Crippen LogP contribution in [0, 0.1) is 0 Å².